The van der Waals surface area contributed by atoms with Crippen LogP contribution in [0.2, 0.25) is 0 Å². The second-order valence-electron chi connectivity index (χ2n) is 3.58. The van der Waals surface area contributed by atoms with Gasteiger partial charge >= 0.3 is 0 Å². The monoisotopic (exact) mass is 238 g/mol. The van der Waals surface area contributed by atoms with Crippen molar-refractivity contribution < 1.29 is 9.47 Å². The molecule has 0 radical (unpaired) electrons. The van der Waals surface area contributed by atoms with Gasteiger partial charge < -0.3 is 9.47 Å². The van der Waals surface area contributed by atoms with E-state index in [-0.39, 0.29) is 6.29 Å². The van der Waals surface area contributed by atoms with E-state index in [1.807, 2.05) is 18.2 Å². The van der Waals surface area contributed by atoms with Crippen LogP contribution in [0, 0.1) is 0 Å². The largest absolute Gasteiger partial charge is 0.346 e. The molecule has 1 aromatic carbocycles. The minimum atomic E-state index is -0.211. The van der Waals surface area contributed by atoms with Crippen molar-refractivity contribution in [3.63, 3.8) is 0 Å². The molecule has 1 aromatic rings. The fourth-order valence-electron chi connectivity index (χ4n) is 1.69. The van der Waals surface area contributed by atoms with Crippen molar-refractivity contribution in [3.8, 4) is 0 Å². The summed E-state index contributed by atoms with van der Waals surface area (Å²) in [6.07, 6.45) is 4.81. The van der Waals surface area contributed by atoms with Crippen LogP contribution in [0.15, 0.2) is 30.3 Å². The van der Waals surface area contributed by atoms with Crippen LogP contribution in [-0.4, -0.2) is 19.1 Å². The maximum Gasteiger partial charge on any atom is 0.184 e. The third-order valence-corrected chi connectivity index (χ3v) is 2.66. The standard InChI is InChI=1S/C13H15ClO2/c14-8-4-3-6-11-5-1-2-7-12(11)13-15-9-10-16-13/h1-3,5-7,13H,4,8-10H2. The lowest BCUT2D eigenvalue weighted by Gasteiger charge is -2.12. The molecule has 3 heteroatoms. The number of hydrogen-bond donors (Lipinski definition) is 0. The Labute approximate surface area is 101 Å². The topological polar surface area (TPSA) is 18.5 Å². The zero-order chi connectivity index (χ0) is 11.2. The van der Waals surface area contributed by atoms with Crippen molar-refractivity contribution in [2.75, 3.05) is 19.1 Å². The highest BCUT2D eigenvalue weighted by Gasteiger charge is 2.19. The normalized spacial score (nSPS) is 17.3. The van der Waals surface area contributed by atoms with Crippen LogP contribution < -0.4 is 0 Å². The molecule has 1 aliphatic heterocycles. The first-order valence-corrected chi connectivity index (χ1v) is 6.00. The minimum Gasteiger partial charge on any atom is -0.346 e. The van der Waals surface area contributed by atoms with Crippen LogP contribution in [0.3, 0.4) is 0 Å². The van der Waals surface area contributed by atoms with E-state index in [9.17, 15) is 0 Å². The average Bonchev–Trinajstić information content (AvgIpc) is 2.83. The Morgan fingerprint density at radius 2 is 2.00 bits per heavy atom. The predicted octanol–water partition coefficient (Wildman–Crippen LogP) is 3.37. The Hall–Kier alpha value is -0.830. The number of ether oxygens (including phenoxy) is 2. The molecule has 86 valence electrons. The summed E-state index contributed by atoms with van der Waals surface area (Å²) < 4.78 is 11.0. The van der Waals surface area contributed by atoms with E-state index < -0.39 is 0 Å². The Balaban J connectivity index is 2.16. The van der Waals surface area contributed by atoms with Crippen LogP contribution in [0.4, 0.5) is 0 Å². The van der Waals surface area contributed by atoms with Crippen molar-refractivity contribution in [3.05, 3.63) is 41.5 Å². The van der Waals surface area contributed by atoms with Crippen molar-refractivity contribution >= 4 is 17.7 Å². The molecule has 1 heterocycles. The van der Waals surface area contributed by atoms with Crippen LogP contribution >= 0.6 is 11.6 Å². The highest BCUT2D eigenvalue weighted by atomic mass is 35.5. The van der Waals surface area contributed by atoms with Crippen molar-refractivity contribution in [2.24, 2.45) is 0 Å². The molecule has 1 saturated heterocycles. The van der Waals surface area contributed by atoms with E-state index in [0.717, 1.165) is 17.5 Å². The van der Waals surface area contributed by atoms with Gasteiger partial charge in [-0.2, -0.15) is 0 Å². The Morgan fingerprint density at radius 3 is 2.75 bits per heavy atom. The van der Waals surface area contributed by atoms with Gasteiger partial charge in [-0.3, -0.25) is 0 Å². The molecule has 1 fully saturated rings. The van der Waals surface area contributed by atoms with E-state index in [1.165, 1.54) is 0 Å². The summed E-state index contributed by atoms with van der Waals surface area (Å²) in [4.78, 5) is 0. The predicted molar refractivity (Wildman–Crippen MR) is 65.5 cm³/mol. The van der Waals surface area contributed by atoms with Gasteiger partial charge in [0.1, 0.15) is 0 Å². The summed E-state index contributed by atoms with van der Waals surface area (Å²) in [5.74, 6) is 0.648. The first-order chi connectivity index (χ1) is 7.92. The zero-order valence-corrected chi connectivity index (χ0v) is 9.82. The number of rotatable bonds is 4. The third kappa shape index (κ3) is 2.85. The number of alkyl halides is 1. The minimum absolute atomic E-state index is 0.211. The van der Waals surface area contributed by atoms with Gasteiger partial charge in [-0.05, 0) is 12.0 Å². The Bertz CT molecular complexity index is 357. The third-order valence-electron chi connectivity index (χ3n) is 2.44. The molecule has 0 bridgehead atoms. The second-order valence-corrected chi connectivity index (χ2v) is 3.96. The molecule has 0 saturated carbocycles. The fraction of sp³-hybridized carbons (Fsp3) is 0.385. The molecular formula is C13H15ClO2. The van der Waals surface area contributed by atoms with E-state index in [2.05, 4.69) is 18.2 Å². The van der Waals surface area contributed by atoms with Gasteiger partial charge in [0.25, 0.3) is 0 Å². The highest BCUT2D eigenvalue weighted by Crippen LogP contribution is 2.26. The molecule has 0 amide bonds. The first-order valence-electron chi connectivity index (χ1n) is 5.46. The number of hydrogen-bond acceptors (Lipinski definition) is 2. The molecule has 0 aromatic heterocycles. The van der Waals surface area contributed by atoms with Gasteiger partial charge in [0.2, 0.25) is 0 Å². The molecular weight excluding hydrogens is 224 g/mol. The lowest BCUT2D eigenvalue weighted by atomic mass is 10.1. The maximum atomic E-state index is 5.63. The van der Waals surface area contributed by atoms with Crippen LogP contribution in [0.25, 0.3) is 6.08 Å². The molecule has 0 spiro atoms. The highest BCUT2D eigenvalue weighted by molar-refractivity contribution is 6.17. The summed E-state index contributed by atoms with van der Waals surface area (Å²) in [7, 11) is 0. The van der Waals surface area contributed by atoms with Crippen molar-refractivity contribution in [2.45, 2.75) is 12.7 Å². The summed E-state index contributed by atoms with van der Waals surface area (Å²) in [6.45, 7) is 1.34. The quantitative estimate of drug-likeness (QED) is 0.749. The van der Waals surface area contributed by atoms with E-state index in [1.54, 1.807) is 0 Å². The fourth-order valence-corrected chi connectivity index (χ4v) is 1.81. The first kappa shape index (κ1) is 11.6. The van der Waals surface area contributed by atoms with Gasteiger partial charge in [0.05, 0.1) is 13.2 Å². The number of allylic oxidation sites excluding steroid dienone is 1. The summed E-state index contributed by atoms with van der Waals surface area (Å²) in [5.41, 5.74) is 2.23. The van der Waals surface area contributed by atoms with Crippen LogP contribution in [0.5, 0.6) is 0 Å². The van der Waals surface area contributed by atoms with Crippen LogP contribution in [0.1, 0.15) is 23.8 Å². The second kappa shape index (κ2) is 6.04. The van der Waals surface area contributed by atoms with Gasteiger partial charge in [0.15, 0.2) is 6.29 Å². The smallest absolute Gasteiger partial charge is 0.184 e. The van der Waals surface area contributed by atoms with Crippen molar-refractivity contribution in [1.82, 2.24) is 0 Å². The Kier molecular flexibility index (Phi) is 4.40. The lowest BCUT2D eigenvalue weighted by Crippen LogP contribution is -2.00. The molecule has 16 heavy (non-hydrogen) atoms. The van der Waals surface area contributed by atoms with E-state index in [0.29, 0.717) is 19.1 Å². The molecule has 2 rings (SSSR count). The van der Waals surface area contributed by atoms with E-state index in [4.69, 9.17) is 21.1 Å². The molecule has 0 atom stereocenters. The number of benzene rings is 1. The molecule has 2 nitrogen and oxygen atoms in total. The average molecular weight is 239 g/mol. The number of halogens is 1. The lowest BCUT2D eigenvalue weighted by molar-refractivity contribution is -0.0442. The van der Waals surface area contributed by atoms with Gasteiger partial charge in [-0.15, -0.1) is 11.6 Å². The summed E-state index contributed by atoms with van der Waals surface area (Å²) in [6, 6.07) is 8.11. The molecule has 0 unspecified atom stereocenters. The zero-order valence-electron chi connectivity index (χ0n) is 9.06. The molecule has 1 aliphatic rings. The van der Waals surface area contributed by atoms with Crippen LogP contribution in [-0.2, 0) is 9.47 Å². The van der Waals surface area contributed by atoms with Crippen molar-refractivity contribution in [1.29, 1.82) is 0 Å². The van der Waals surface area contributed by atoms with Gasteiger partial charge in [-0.1, -0.05) is 36.4 Å². The maximum absolute atomic E-state index is 5.63. The van der Waals surface area contributed by atoms with Gasteiger partial charge in [0, 0.05) is 11.4 Å². The Morgan fingerprint density at radius 1 is 1.25 bits per heavy atom. The molecule has 0 aliphatic carbocycles. The molecule has 0 N–H and O–H groups in total. The SMILES string of the molecule is ClCCC=Cc1ccccc1C1OCCO1. The summed E-state index contributed by atoms with van der Waals surface area (Å²) in [5, 5.41) is 0. The van der Waals surface area contributed by atoms with E-state index >= 15 is 0 Å². The van der Waals surface area contributed by atoms with Gasteiger partial charge in [-0.25, -0.2) is 0 Å². The summed E-state index contributed by atoms with van der Waals surface area (Å²) >= 11 is 5.63.